The fourth-order valence-electron chi connectivity index (χ4n) is 1.45. The lowest BCUT2D eigenvalue weighted by Crippen LogP contribution is -2.22. The summed E-state index contributed by atoms with van der Waals surface area (Å²) in [4.78, 5) is 10.9. The van der Waals surface area contributed by atoms with E-state index in [4.69, 9.17) is 0 Å². The number of rotatable bonds is 6. The van der Waals surface area contributed by atoms with Gasteiger partial charge in [-0.3, -0.25) is 4.79 Å². The molecule has 0 saturated carbocycles. The van der Waals surface area contributed by atoms with Crippen LogP contribution < -0.4 is 10.6 Å². The summed E-state index contributed by atoms with van der Waals surface area (Å²) in [5, 5.41) is 5.36. The largest absolute Gasteiger partial charge is 0.384 e. The van der Waals surface area contributed by atoms with E-state index in [0.29, 0.717) is 12.2 Å². The van der Waals surface area contributed by atoms with Crippen LogP contribution >= 0.6 is 0 Å². The van der Waals surface area contributed by atoms with Crippen molar-refractivity contribution in [1.82, 2.24) is 0 Å². The molecule has 0 atom stereocenters. The summed E-state index contributed by atoms with van der Waals surface area (Å²) in [5.41, 5.74) is 1.54. The van der Waals surface area contributed by atoms with Crippen LogP contribution in [0.3, 0.4) is 0 Å². The lowest BCUT2D eigenvalue weighted by atomic mass is 10.3. The number of hydrogen-bond acceptors (Lipinski definition) is 4. The molecular weight excluding hydrogens is 264 g/mol. The van der Waals surface area contributed by atoms with Crippen molar-refractivity contribution in [3.8, 4) is 0 Å². The second-order valence-corrected chi connectivity index (χ2v) is 7.28. The highest BCUT2D eigenvalue weighted by atomic mass is 32.2. The molecule has 6 heteroatoms. The number of carbonyl (C=O) groups excluding carboxylic acids is 1. The summed E-state index contributed by atoms with van der Waals surface area (Å²) in [5.74, 6) is -0.0123. The van der Waals surface area contributed by atoms with E-state index >= 15 is 0 Å². The molecule has 0 radical (unpaired) electrons. The molecule has 0 unspecified atom stereocenters. The van der Waals surface area contributed by atoms with Crippen molar-refractivity contribution in [2.45, 2.75) is 26.0 Å². The van der Waals surface area contributed by atoms with Crippen LogP contribution in [0.25, 0.3) is 0 Å². The average Bonchev–Trinajstić information content (AvgIpc) is 2.30. The monoisotopic (exact) mass is 284 g/mol. The van der Waals surface area contributed by atoms with E-state index in [0.717, 1.165) is 5.69 Å². The minimum atomic E-state index is -3.01. The Morgan fingerprint density at radius 1 is 1.16 bits per heavy atom. The van der Waals surface area contributed by atoms with Crippen LogP contribution in [0.1, 0.15) is 20.8 Å². The predicted molar refractivity (Wildman–Crippen MR) is 78.2 cm³/mol. The van der Waals surface area contributed by atoms with Crippen molar-refractivity contribution >= 4 is 27.1 Å². The van der Waals surface area contributed by atoms with Crippen LogP contribution in [-0.2, 0) is 14.6 Å². The van der Waals surface area contributed by atoms with Crippen LogP contribution in [-0.4, -0.2) is 31.9 Å². The number of anilines is 2. The molecule has 0 aromatic heterocycles. The Hall–Kier alpha value is -1.56. The molecule has 2 N–H and O–H groups in total. The smallest absolute Gasteiger partial charge is 0.221 e. The summed E-state index contributed by atoms with van der Waals surface area (Å²) < 4.78 is 23.2. The summed E-state index contributed by atoms with van der Waals surface area (Å²) in [6.45, 7) is 5.18. The van der Waals surface area contributed by atoms with E-state index < -0.39 is 9.84 Å². The first kappa shape index (κ1) is 15.5. The van der Waals surface area contributed by atoms with Gasteiger partial charge in [0.1, 0.15) is 0 Å². The molecule has 19 heavy (non-hydrogen) atoms. The van der Waals surface area contributed by atoms with Crippen molar-refractivity contribution < 1.29 is 13.2 Å². The SMILES string of the molecule is CC(=O)Nc1ccc(NCCS(=O)(=O)C(C)C)cc1. The summed E-state index contributed by atoms with van der Waals surface area (Å²) >= 11 is 0. The van der Waals surface area contributed by atoms with Crippen LogP contribution in [0.15, 0.2) is 24.3 Å². The standard InChI is InChI=1S/C13H20N2O3S/c1-10(2)19(17,18)9-8-14-12-4-6-13(7-5-12)15-11(3)16/h4-7,10,14H,8-9H2,1-3H3,(H,15,16). The van der Waals surface area contributed by atoms with Crippen LogP contribution in [0.5, 0.6) is 0 Å². The second kappa shape index (κ2) is 6.56. The third-order valence-electron chi connectivity index (χ3n) is 2.64. The van der Waals surface area contributed by atoms with Gasteiger partial charge in [0.25, 0.3) is 0 Å². The van der Waals surface area contributed by atoms with Gasteiger partial charge in [-0.25, -0.2) is 8.42 Å². The zero-order valence-corrected chi connectivity index (χ0v) is 12.3. The summed E-state index contributed by atoms with van der Waals surface area (Å²) in [7, 11) is -3.01. The van der Waals surface area contributed by atoms with Gasteiger partial charge in [-0.05, 0) is 38.1 Å². The molecule has 0 spiro atoms. The average molecular weight is 284 g/mol. The first-order valence-electron chi connectivity index (χ1n) is 6.14. The van der Waals surface area contributed by atoms with Gasteiger partial charge in [0.15, 0.2) is 9.84 Å². The first-order chi connectivity index (χ1) is 8.81. The Balaban J connectivity index is 2.49. The van der Waals surface area contributed by atoms with Gasteiger partial charge in [-0.1, -0.05) is 0 Å². The Kier molecular flexibility index (Phi) is 5.35. The van der Waals surface area contributed by atoms with Crippen LogP contribution in [0.4, 0.5) is 11.4 Å². The van der Waals surface area contributed by atoms with E-state index in [1.54, 1.807) is 38.1 Å². The van der Waals surface area contributed by atoms with Gasteiger partial charge in [0.05, 0.1) is 11.0 Å². The Bertz CT molecular complexity index is 521. The molecule has 1 rings (SSSR count). The molecule has 106 valence electrons. The third kappa shape index (κ3) is 5.30. The molecule has 0 fully saturated rings. The van der Waals surface area contributed by atoms with E-state index in [1.807, 2.05) is 0 Å². The number of hydrogen-bond donors (Lipinski definition) is 2. The predicted octanol–water partition coefficient (Wildman–Crippen LogP) is 1.88. The van der Waals surface area contributed by atoms with Gasteiger partial charge < -0.3 is 10.6 Å². The number of benzene rings is 1. The lowest BCUT2D eigenvalue weighted by molar-refractivity contribution is -0.114. The lowest BCUT2D eigenvalue weighted by Gasteiger charge is -2.10. The fraction of sp³-hybridized carbons (Fsp3) is 0.462. The number of amides is 1. The molecular formula is C13H20N2O3S. The minimum Gasteiger partial charge on any atom is -0.384 e. The van der Waals surface area contributed by atoms with E-state index in [-0.39, 0.29) is 16.9 Å². The molecule has 1 aromatic rings. The van der Waals surface area contributed by atoms with Gasteiger partial charge >= 0.3 is 0 Å². The van der Waals surface area contributed by atoms with Crippen molar-refractivity contribution in [2.75, 3.05) is 22.9 Å². The molecule has 0 heterocycles. The topological polar surface area (TPSA) is 75.3 Å². The quantitative estimate of drug-likeness (QED) is 0.836. The number of nitrogens with one attached hydrogen (secondary N) is 2. The van der Waals surface area contributed by atoms with Gasteiger partial charge in [-0.2, -0.15) is 0 Å². The molecule has 0 aliphatic rings. The molecule has 0 aliphatic carbocycles. The zero-order valence-electron chi connectivity index (χ0n) is 11.4. The van der Waals surface area contributed by atoms with Crippen molar-refractivity contribution in [1.29, 1.82) is 0 Å². The van der Waals surface area contributed by atoms with Crippen LogP contribution in [0.2, 0.25) is 0 Å². The highest BCUT2D eigenvalue weighted by molar-refractivity contribution is 7.92. The Morgan fingerprint density at radius 3 is 2.16 bits per heavy atom. The van der Waals surface area contributed by atoms with Crippen LogP contribution in [0, 0.1) is 0 Å². The van der Waals surface area contributed by atoms with E-state index in [1.165, 1.54) is 6.92 Å². The summed E-state index contributed by atoms with van der Waals surface area (Å²) in [6, 6.07) is 7.13. The first-order valence-corrected chi connectivity index (χ1v) is 7.86. The number of carbonyl (C=O) groups is 1. The van der Waals surface area contributed by atoms with Gasteiger partial charge in [0, 0.05) is 24.8 Å². The van der Waals surface area contributed by atoms with Gasteiger partial charge in [-0.15, -0.1) is 0 Å². The maximum Gasteiger partial charge on any atom is 0.221 e. The van der Waals surface area contributed by atoms with Crippen molar-refractivity contribution in [3.05, 3.63) is 24.3 Å². The maximum absolute atomic E-state index is 11.6. The van der Waals surface area contributed by atoms with Crippen molar-refractivity contribution in [3.63, 3.8) is 0 Å². The van der Waals surface area contributed by atoms with Crippen molar-refractivity contribution in [2.24, 2.45) is 0 Å². The number of sulfone groups is 1. The fourth-order valence-corrected chi connectivity index (χ4v) is 2.31. The maximum atomic E-state index is 11.6. The third-order valence-corrected chi connectivity index (χ3v) is 4.85. The van der Waals surface area contributed by atoms with E-state index in [2.05, 4.69) is 10.6 Å². The van der Waals surface area contributed by atoms with E-state index in [9.17, 15) is 13.2 Å². The Morgan fingerprint density at radius 2 is 1.68 bits per heavy atom. The second-order valence-electron chi connectivity index (χ2n) is 4.60. The normalized spacial score (nSPS) is 11.4. The molecule has 0 bridgehead atoms. The zero-order chi connectivity index (χ0) is 14.5. The Labute approximate surface area is 114 Å². The molecule has 5 nitrogen and oxygen atoms in total. The highest BCUT2D eigenvalue weighted by Crippen LogP contribution is 2.13. The molecule has 1 aromatic carbocycles. The minimum absolute atomic E-state index is 0.109. The molecule has 1 amide bonds. The molecule has 0 saturated heterocycles. The van der Waals surface area contributed by atoms with Gasteiger partial charge in [0.2, 0.25) is 5.91 Å². The molecule has 0 aliphatic heterocycles. The summed E-state index contributed by atoms with van der Waals surface area (Å²) in [6.07, 6.45) is 0. The highest BCUT2D eigenvalue weighted by Gasteiger charge is 2.14.